The zero-order valence-corrected chi connectivity index (χ0v) is 19.8. The minimum Gasteiger partial charge on any atom is -0.479 e. The average Bonchev–Trinajstić information content (AvgIpc) is 2.74. The highest BCUT2D eigenvalue weighted by atomic mass is 19.1. The highest BCUT2D eigenvalue weighted by Gasteiger charge is 2.33. The van der Waals surface area contributed by atoms with Crippen molar-refractivity contribution in [3.05, 3.63) is 76.7 Å². The van der Waals surface area contributed by atoms with Gasteiger partial charge in [-0.3, -0.25) is 4.98 Å². The maximum absolute atomic E-state index is 15.1. The second kappa shape index (κ2) is 8.23. The molecule has 0 aliphatic heterocycles. The molecule has 1 aromatic heterocycles. The van der Waals surface area contributed by atoms with Crippen LogP contribution in [0, 0.1) is 26.6 Å². The van der Waals surface area contributed by atoms with Gasteiger partial charge in [-0.1, -0.05) is 42.0 Å². The Morgan fingerprint density at radius 1 is 1.00 bits per heavy atom. The van der Waals surface area contributed by atoms with E-state index >= 15 is 4.39 Å². The Morgan fingerprint density at radius 3 is 2.27 bits per heavy atom. The molecule has 1 heterocycles. The molecule has 4 rings (SSSR count). The second-order valence-electron chi connectivity index (χ2n) is 9.54. The van der Waals surface area contributed by atoms with Crippen LogP contribution in [-0.4, -0.2) is 21.7 Å². The van der Waals surface area contributed by atoms with E-state index in [0.29, 0.717) is 32.8 Å². The first kappa shape index (κ1) is 22.9. The topological polar surface area (TPSA) is 59.4 Å². The Balaban J connectivity index is 2.21. The number of fused-ring (bicyclic) bond motifs is 3. The fourth-order valence-corrected chi connectivity index (χ4v) is 4.53. The molecule has 0 aliphatic rings. The highest BCUT2D eigenvalue weighted by molar-refractivity contribution is 6.11. The number of hydrogen-bond acceptors (Lipinski definition) is 3. The molecule has 0 spiro atoms. The quantitative estimate of drug-likeness (QED) is 0.342. The average molecular weight is 446 g/mol. The molecule has 1 atom stereocenters. The summed E-state index contributed by atoms with van der Waals surface area (Å²) in [6, 6.07) is 12.9. The number of pyridine rings is 1. The number of ether oxygens (including phenoxy) is 1. The van der Waals surface area contributed by atoms with Crippen LogP contribution < -0.4 is 0 Å². The number of hydrogen-bond donors (Lipinski definition) is 1. The van der Waals surface area contributed by atoms with Gasteiger partial charge in [0.05, 0.1) is 11.1 Å². The van der Waals surface area contributed by atoms with Gasteiger partial charge in [0, 0.05) is 27.9 Å². The minimum atomic E-state index is -1.21. The van der Waals surface area contributed by atoms with Crippen LogP contribution >= 0.6 is 0 Å². The van der Waals surface area contributed by atoms with E-state index in [2.05, 4.69) is 4.98 Å². The first-order valence-corrected chi connectivity index (χ1v) is 11.0. The van der Waals surface area contributed by atoms with Crippen molar-refractivity contribution in [2.24, 2.45) is 0 Å². The van der Waals surface area contributed by atoms with Crippen LogP contribution in [0.2, 0.25) is 0 Å². The molecule has 170 valence electrons. The Morgan fingerprint density at radius 2 is 1.67 bits per heavy atom. The summed E-state index contributed by atoms with van der Waals surface area (Å²) in [4.78, 5) is 17.1. The van der Waals surface area contributed by atoms with Crippen LogP contribution in [-0.2, 0) is 9.53 Å². The number of benzene rings is 3. The van der Waals surface area contributed by atoms with Crippen molar-refractivity contribution in [1.29, 1.82) is 0 Å². The number of aliphatic carboxylic acids is 1. The van der Waals surface area contributed by atoms with Crippen LogP contribution in [0.3, 0.4) is 0 Å². The SMILES string of the molecule is Cc1ccc(-c2c([C@H](OC(C)(C)C)C(=O)O)c(C)c3ncc4cccc(F)c4c3c2C)cc1. The standard InChI is InChI=1S/C28H28FNO3/c1-15-10-12-18(13-11-15)21-16(2)22-24-19(8-7-9-20(24)29)14-30-25(22)17(3)23(21)26(27(31)32)33-28(4,5)6/h7-14,26H,1-6H3,(H,31,32)/t26-/m0/s1. The maximum Gasteiger partial charge on any atom is 0.337 e. The Labute approximate surface area is 193 Å². The summed E-state index contributed by atoms with van der Waals surface area (Å²) < 4.78 is 21.1. The lowest BCUT2D eigenvalue weighted by Gasteiger charge is -2.29. The zero-order chi connectivity index (χ0) is 24.1. The van der Waals surface area contributed by atoms with Crippen molar-refractivity contribution in [2.75, 3.05) is 0 Å². The summed E-state index contributed by atoms with van der Waals surface area (Å²) in [6.45, 7) is 11.2. The Hall–Kier alpha value is -3.31. The van der Waals surface area contributed by atoms with Crippen LogP contribution in [0.15, 0.2) is 48.7 Å². The summed E-state index contributed by atoms with van der Waals surface area (Å²) in [7, 11) is 0. The molecule has 0 aliphatic carbocycles. The van der Waals surface area contributed by atoms with Gasteiger partial charge in [0.25, 0.3) is 0 Å². The third-order valence-corrected chi connectivity index (χ3v) is 5.94. The van der Waals surface area contributed by atoms with Gasteiger partial charge in [-0.2, -0.15) is 0 Å². The van der Waals surface area contributed by atoms with Gasteiger partial charge in [-0.15, -0.1) is 0 Å². The third kappa shape index (κ3) is 4.09. The van der Waals surface area contributed by atoms with Crippen molar-refractivity contribution in [3.63, 3.8) is 0 Å². The minimum absolute atomic E-state index is 0.328. The highest BCUT2D eigenvalue weighted by Crippen LogP contribution is 2.43. The molecule has 4 nitrogen and oxygen atoms in total. The first-order chi connectivity index (χ1) is 15.5. The van der Waals surface area contributed by atoms with E-state index in [-0.39, 0.29) is 5.82 Å². The van der Waals surface area contributed by atoms with Gasteiger partial charge in [0.1, 0.15) is 5.82 Å². The van der Waals surface area contributed by atoms with Gasteiger partial charge >= 0.3 is 5.97 Å². The molecule has 0 saturated heterocycles. The second-order valence-corrected chi connectivity index (χ2v) is 9.54. The monoisotopic (exact) mass is 445 g/mol. The first-order valence-electron chi connectivity index (χ1n) is 11.0. The number of nitrogens with zero attached hydrogens (tertiary/aromatic N) is 1. The van der Waals surface area contributed by atoms with Gasteiger partial charge in [-0.05, 0) is 69.9 Å². The molecule has 5 heteroatoms. The van der Waals surface area contributed by atoms with Crippen LogP contribution in [0.1, 0.15) is 49.1 Å². The van der Waals surface area contributed by atoms with Crippen molar-refractivity contribution >= 4 is 27.6 Å². The molecule has 0 radical (unpaired) electrons. The molecule has 33 heavy (non-hydrogen) atoms. The lowest BCUT2D eigenvalue weighted by molar-refractivity contribution is -0.160. The van der Waals surface area contributed by atoms with Gasteiger partial charge in [0.2, 0.25) is 0 Å². The van der Waals surface area contributed by atoms with E-state index in [1.54, 1.807) is 12.3 Å². The normalized spacial score (nSPS) is 12.9. The third-order valence-electron chi connectivity index (χ3n) is 5.94. The predicted molar refractivity (Wildman–Crippen MR) is 130 cm³/mol. The van der Waals surface area contributed by atoms with E-state index < -0.39 is 17.7 Å². The summed E-state index contributed by atoms with van der Waals surface area (Å²) in [6.07, 6.45) is 0.436. The lowest BCUT2D eigenvalue weighted by Crippen LogP contribution is -2.28. The number of aryl methyl sites for hydroxylation is 3. The predicted octanol–water partition coefficient (Wildman–Crippen LogP) is 7.06. The van der Waals surface area contributed by atoms with E-state index in [9.17, 15) is 9.90 Å². The number of rotatable bonds is 4. The Bertz CT molecular complexity index is 1390. The molecule has 3 aromatic carbocycles. The molecule has 4 aromatic rings. The molecule has 0 saturated carbocycles. The molecular weight excluding hydrogens is 417 g/mol. The van der Waals surface area contributed by atoms with E-state index in [4.69, 9.17) is 4.74 Å². The molecule has 0 amide bonds. The van der Waals surface area contributed by atoms with Crippen LogP contribution in [0.5, 0.6) is 0 Å². The zero-order valence-electron chi connectivity index (χ0n) is 19.8. The fourth-order valence-electron chi connectivity index (χ4n) is 4.53. The molecule has 0 fully saturated rings. The van der Waals surface area contributed by atoms with Crippen molar-refractivity contribution in [1.82, 2.24) is 4.98 Å². The van der Waals surface area contributed by atoms with E-state index in [0.717, 1.165) is 22.3 Å². The van der Waals surface area contributed by atoms with Gasteiger partial charge in [0.15, 0.2) is 6.10 Å². The van der Waals surface area contributed by atoms with Crippen LogP contribution in [0.4, 0.5) is 4.39 Å². The van der Waals surface area contributed by atoms with Crippen LogP contribution in [0.25, 0.3) is 32.8 Å². The van der Waals surface area contributed by atoms with E-state index in [1.807, 2.05) is 71.9 Å². The lowest BCUT2D eigenvalue weighted by atomic mass is 9.84. The number of carboxylic acid groups (broad SMARTS) is 1. The van der Waals surface area contributed by atoms with E-state index in [1.165, 1.54) is 6.07 Å². The van der Waals surface area contributed by atoms with Crippen molar-refractivity contribution < 1.29 is 19.0 Å². The van der Waals surface area contributed by atoms with Gasteiger partial charge < -0.3 is 9.84 Å². The fraction of sp³-hybridized carbons (Fsp3) is 0.286. The number of halogens is 1. The molecule has 1 N–H and O–H groups in total. The summed E-state index contributed by atoms with van der Waals surface area (Å²) in [5.74, 6) is -1.40. The van der Waals surface area contributed by atoms with Gasteiger partial charge in [-0.25, -0.2) is 9.18 Å². The smallest absolute Gasteiger partial charge is 0.337 e. The molecule has 0 bridgehead atoms. The largest absolute Gasteiger partial charge is 0.479 e. The number of carboxylic acids is 1. The Kier molecular flexibility index (Phi) is 5.71. The summed E-state index contributed by atoms with van der Waals surface area (Å²) >= 11 is 0. The number of carbonyl (C=O) groups is 1. The molecule has 0 unspecified atom stereocenters. The maximum atomic E-state index is 15.1. The summed E-state index contributed by atoms with van der Waals surface area (Å²) in [5.41, 5.74) is 4.59. The number of aromatic nitrogens is 1. The van der Waals surface area contributed by atoms with Crippen molar-refractivity contribution in [2.45, 2.75) is 53.2 Å². The summed E-state index contributed by atoms with van der Waals surface area (Å²) in [5, 5.41) is 12.1. The molecular formula is C28H28FNO3. The van der Waals surface area contributed by atoms with Crippen molar-refractivity contribution in [3.8, 4) is 11.1 Å².